The third-order valence-corrected chi connectivity index (χ3v) is 3.65. The highest BCUT2D eigenvalue weighted by Gasteiger charge is 2.36. The molecule has 0 aromatic carbocycles. The summed E-state index contributed by atoms with van der Waals surface area (Å²) in [6.45, 7) is 2.55. The third kappa shape index (κ3) is 3.36. The van der Waals surface area contributed by atoms with Crippen LogP contribution < -0.4 is 10.6 Å². The van der Waals surface area contributed by atoms with Gasteiger partial charge in [0, 0.05) is 19.1 Å². The number of rotatable bonds is 4. The summed E-state index contributed by atoms with van der Waals surface area (Å²) in [5.41, 5.74) is 0. The number of carboxylic acid groups (broad SMARTS) is 1. The standard InChI is InChI=1S/C12H19N3O4/c1-7-11(18)13-4-5-15(7)12(19)14-9(6-10(16)17)8-2-3-8/h7-9H,2-6H2,1H3,(H,13,18)(H,14,19)(H,16,17). The maximum atomic E-state index is 12.1. The van der Waals surface area contributed by atoms with Gasteiger partial charge in [0.05, 0.1) is 6.42 Å². The molecular weight excluding hydrogens is 250 g/mol. The van der Waals surface area contributed by atoms with Crippen molar-refractivity contribution >= 4 is 17.9 Å². The number of nitrogens with zero attached hydrogens (tertiary/aromatic N) is 1. The van der Waals surface area contributed by atoms with Gasteiger partial charge in [-0.2, -0.15) is 0 Å². The molecule has 0 spiro atoms. The maximum absolute atomic E-state index is 12.1. The van der Waals surface area contributed by atoms with Crippen LogP contribution in [0.5, 0.6) is 0 Å². The van der Waals surface area contributed by atoms with Crippen LogP contribution in [0.2, 0.25) is 0 Å². The van der Waals surface area contributed by atoms with E-state index in [2.05, 4.69) is 10.6 Å². The van der Waals surface area contributed by atoms with Crippen molar-refractivity contribution in [3.8, 4) is 0 Å². The number of carbonyl (C=O) groups excluding carboxylic acids is 2. The summed E-state index contributed by atoms with van der Waals surface area (Å²) >= 11 is 0. The molecule has 2 unspecified atom stereocenters. The predicted octanol–water partition coefficient (Wildman–Crippen LogP) is -0.230. The van der Waals surface area contributed by atoms with Crippen LogP contribution in [0.3, 0.4) is 0 Å². The molecule has 3 amide bonds. The Morgan fingerprint density at radius 3 is 2.79 bits per heavy atom. The lowest BCUT2D eigenvalue weighted by Crippen LogP contribution is -2.59. The van der Waals surface area contributed by atoms with E-state index in [9.17, 15) is 14.4 Å². The molecule has 2 aliphatic rings. The number of aliphatic carboxylic acids is 1. The number of carbonyl (C=O) groups is 3. The van der Waals surface area contributed by atoms with Gasteiger partial charge in [0.2, 0.25) is 5.91 Å². The molecule has 2 rings (SSSR count). The van der Waals surface area contributed by atoms with Crippen molar-refractivity contribution < 1.29 is 19.5 Å². The minimum absolute atomic E-state index is 0.0647. The van der Waals surface area contributed by atoms with Gasteiger partial charge >= 0.3 is 12.0 Å². The monoisotopic (exact) mass is 269 g/mol. The first-order valence-corrected chi connectivity index (χ1v) is 6.55. The van der Waals surface area contributed by atoms with Crippen LogP contribution >= 0.6 is 0 Å². The Hall–Kier alpha value is -1.79. The van der Waals surface area contributed by atoms with Crippen molar-refractivity contribution in [2.45, 2.75) is 38.3 Å². The molecule has 0 bridgehead atoms. The largest absolute Gasteiger partial charge is 0.481 e. The average molecular weight is 269 g/mol. The van der Waals surface area contributed by atoms with Gasteiger partial charge in [0.15, 0.2) is 0 Å². The molecule has 3 N–H and O–H groups in total. The number of carboxylic acids is 1. The summed E-state index contributed by atoms with van der Waals surface area (Å²) in [5, 5.41) is 14.3. The smallest absolute Gasteiger partial charge is 0.318 e. The Labute approximate surface area is 111 Å². The third-order valence-electron chi connectivity index (χ3n) is 3.65. The highest BCUT2D eigenvalue weighted by molar-refractivity contribution is 5.88. The molecule has 7 heteroatoms. The molecular formula is C12H19N3O4. The molecule has 7 nitrogen and oxygen atoms in total. The fourth-order valence-corrected chi connectivity index (χ4v) is 2.32. The summed E-state index contributed by atoms with van der Waals surface area (Å²) < 4.78 is 0. The molecule has 1 heterocycles. The molecule has 19 heavy (non-hydrogen) atoms. The van der Waals surface area contributed by atoms with Crippen molar-refractivity contribution in [3.05, 3.63) is 0 Å². The van der Waals surface area contributed by atoms with E-state index in [1.165, 1.54) is 4.90 Å². The molecule has 1 saturated heterocycles. The van der Waals surface area contributed by atoms with Gasteiger partial charge in [0.25, 0.3) is 0 Å². The zero-order valence-corrected chi connectivity index (χ0v) is 10.9. The van der Waals surface area contributed by atoms with Crippen LogP contribution in [0.15, 0.2) is 0 Å². The topological polar surface area (TPSA) is 98.7 Å². The zero-order valence-electron chi connectivity index (χ0n) is 10.9. The fraction of sp³-hybridized carbons (Fsp3) is 0.750. The minimum Gasteiger partial charge on any atom is -0.481 e. The summed E-state index contributed by atoms with van der Waals surface area (Å²) in [7, 11) is 0. The van der Waals surface area contributed by atoms with E-state index in [0.717, 1.165) is 12.8 Å². The quantitative estimate of drug-likeness (QED) is 0.656. The van der Waals surface area contributed by atoms with Crippen molar-refractivity contribution in [2.75, 3.05) is 13.1 Å². The summed E-state index contributed by atoms with van der Waals surface area (Å²) in [5.74, 6) is -0.835. The van der Waals surface area contributed by atoms with Gasteiger partial charge in [-0.25, -0.2) is 4.79 Å². The molecule has 1 aliphatic carbocycles. The van der Waals surface area contributed by atoms with Crippen LogP contribution in [0, 0.1) is 5.92 Å². The van der Waals surface area contributed by atoms with Crippen molar-refractivity contribution in [1.29, 1.82) is 0 Å². The Bertz CT molecular complexity index is 394. The number of hydrogen-bond acceptors (Lipinski definition) is 3. The first-order valence-electron chi connectivity index (χ1n) is 6.55. The lowest BCUT2D eigenvalue weighted by molar-refractivity contribution is -0.137. The molecule has 0 radical (unpaired) electrons. The Kier molecular flexibility index (Phi) is 3.92. The van der Waals surface area contributed by atoms with Gasteiger partial charge in [-0.15, -0.1) is 0 Å². The molecule has 1 aliphatic heterocycles. The predicted molar refractivity (Wildman–Crippen MR) is 66.5 cm³/mol. The van der Waals surface area contributed by atoms with Gasteiger partial charge in [-0.3, -0.25) is 9.59 Å². The second-order valence-electron chi connectivity index (χ2n) is 5.15. The number of hydrogen-bond donors (Lipinski definition) is 3. The second kappa shape index (κ2) is 5.46. The molecule has 2 fully saturated rings. The number of piperazine rings is 1. The van der Waals surface area contributed by atoms with Crippen LogP contribution in [0.1, 0.15) is 26.2 Å². The van der Waals surface area contributed by atoms with Gasteiger partial charge in [0.1, 0.15) is 6.04 Å². The highest BCUT2D eigenvalue weighted by atomic mass is 16.4. The molecule has 0 aromatic heterocycles. The summed E-state index contributed by atoms with van der Waals surface area (Å²) in [6, 6.07) is -1.19. The Morgan fingerprint density at radius 2 is 2.21 bits per heavy atom. The van der Waals surface area contributed by atoms with Gasteiger partial charge < -0.3 is 20.6 Å². The Morgan fingerprint density at radius 1 is 1.53 bits per heavy atom. The minimum atomic E-state index is -0.915. The summed E-state index contributed by atoms with van der Waals surface area (Å²) in [6.07, 6.45) is 1.84. The lowest BCUT2D eigenvalue weighted by Gasteiger charge is -2.34. The first-order chi connectivity index (χ1) is 8.99. The second-order valence-corrected chi connectivity index (χ2v) is 5.15. The van der Waals surface area contributed by atoms with E-state index >= 15 is 0 Å². The zero-order chi connectivity index (χ0) is 14.0. The number of amides is 3. The number of nitrogens with one attached hydrogen (secondary N) is 2. The molecule has 1 saturated carbocycles. The van der Waals surface area contributed by atoms with Crippen molar-refractivity contribution in [1.82, 2.24) is 15.5 Å². The average Bonchev–Trinajstić information content (AvgIpc) is 3.15. The maximum Gasteiger partial charge on any atom is 0.318 e. The van der Waals surface area contributed by atoms with E-state index in [1.807, 2.05) is 0 Å². The normalized spacial score (nSPS) is 24.6. The van der Waals surface area contributed by atoms with Crippen molar-refractivity contribution in [2.24, 2.45) is 5.92 Å². The van der Waals surface area contributed by atoms with E-state index in [-0.39, 0.29) is 30.3 Å². The molecule has 2 atom stereocenters. The van der Waals surface area contributed by atoms with E-state index in [4.69, 9.17) is 5.11 Å². The van der Waals surface area contributed by atoms with Crippen LogP contribution in [-0.2, 0) is 9.59 Å². The van der Waals surface area contributed by atoms with Crippen molar-refractivity contribution in [3.63, 3.8) is 0 Å². The van der Waals surface area contributed by atoms with Crippen LogP contribution in [0.25, 0.3) is 0 Å². The first kappa shape index (κ1) is 13.6. The molecule has 106 valence electrons. The van der Waals surface area contributed by atoms with E-state index in [1.54, 1.807) is 6.92 Å². The van der Waals surface area contributed by atoms with Gasteiger partial charge in [-0.05, 0) is 25.7 Å². The summed E-state index contributed by atoms with van der Waals surface area (Å²) in [4.78, 5) is 35.9. The highest BCUT2D eigenvalue weighted by Crippen LogP contribution is 2.34. The Balaban J connectivity index is 1.94. The fourth-order valence-electron chi connectivity index (χ4n) is 2.32. The lowest BCUT2D eigenvalue weighted by atomic mass is 10.1. The van der Waals surface area contributed by atoms with E-state index < -0.39 is 12.0 Å². The van der Waals surface area contributed by atoms with Gasteiger partial charge in [-0.1, -0.05) is 0 Å². The molecule has 0 aromatic rings. The van der Waals surface area contributed by atoms with Crippen LogP contribution in [0.4, 0.5) is 4.79 Å². The van der Waals surface area contributed by atoms with E-state index in [0.29, 0.717) is 13.1 Å². The number of urea groups is 1. The van der Waals surface area contributed by atoms with Crippen LogP contribution in [-0.4, -0.2) is 53.1 Å². The SMILES string of the molecule is CC1C(=O)NCCN1C(=O)NC(CC(=O)O)C1CC1.